The summed E-state index contributed by atoms with van der Waals surface area (Å²) < 4.78 is 27.2. The molecule has 0 saturated carbocycles. The van der Waals surface area contributed by atoms with Crippen LogP contribution in [0.4, 0.5) is 14.5 Å². The Hall–Kier alpha value is -2.29. The van der Waals surface area contributed by atoms with Crippen LogP contribution < -0.4 is 5.32 Å². The Kier molecular flexibility index (Phi) is 6.43. The first-order valence-electron chi connectivity index (χ1n) is 8.10. The van der Waals surface area contributed by atoms with E-state index in [9.17, 15) is 18.4 Å². The van der Waals surface area contributed by atoms with Crippen molar-refractivity contribution < 1.29 is 18.4 Å². The molecule has 0 aromatic heterocycles. The normalized spacial score (nSPS) is 15.4. The number of anilines is 1. The summed E-state index contributed by atoms with van der Waals surface area (Å²) in [6.45, 7) is 0.0695. The molecule has 9 heteroatoms. The van der Waals surface area contributed by atoms with E-state index in [4.69, 9.17) is 23.8 Å². The van der Waals surface area contributed by atoms with Crippen LogP contribution in [0.5, 0.6) is 0 Å². The molecule has 2 aromatic rings. The number of nitrogens with zero attached hydrogens (tertiary/aromatic N) is 1. The summed E-state index contributed by atoms with van der Waals surface area (Å²) >= 11 is 11.9. The lowest BCUT2D eigenvalue weighted by atomic mass is 10.2. The standard InChI is InChI=1S/C19H13ClF2N2O2S2/c20-13-10-12(5-6-15(13)22)23-17(25)7-8-24-18(26)16(28-19(24)27)9-11-3-1-2-4-14(11)21/h1-6,9-10H,7-8H2,(H,23,25)/b16-9-. The molecule has 1 N–H and O–H groups in total. The van der Waals surface area contributed by atoms with Gasteiger partial charge in [-0.15, -0.1) is 0 Å². The van der Waals surface area contributed by atoms with Gasteiger partial charge in [0.05, 0.1) is 9.93 Å². The number of hydrogen-bond acceptors (Lipinski definition) is 4. The van der Waals surface area contributed by atoms with E-state index in [0.717, 1.165) is 17.8 Å². The van der Waals surface area contributed by atoms with Gasteiger partial charge < -0.3 is 5.32 Å². The molecule has 0 aliphatic carbocycles. The average molecular weight is 439 g/mol. The number of rotatable bonds is 5. The third-order valence-corrected chi connectivity index (χ3v) is 5.50. The molecule has 4 nitrogen and oxygen atoms in total. The summed E-state index contributed by atoms with van der Waals surface area (Å²) in [5.41, 5.74) is 0.634. The molecule has 0 atom stereocenters. The summed E-state index contributed by atoms with van der Waals surface area (Å²) in [6, 6.07) is 9.92. The Balaban J connectivity index is 1.62. The number of thioether (sulfide) groups is 1. The molecule has 0 unspecified atom stereocenters. The fraction of sp³-hybridized carbons (Fsp3) is 0.105. The second-order valence-electron chi connectivity index (χ2n) is 5.78. The molecule has 2 amide bonds. The van der Waals surface area contributed by atoms with Crippen molar-refractivity contribution in [1.29, 1.82) is 0 Å². The molecule has 1 saturated heterocycles. The van der Waals surface area contributed by atoms with Crippen LogP contribution in [0, 0.1) is 11.6 Å². The molecule has 28 heavy (non-hydrogen) atoms. The molecular weight excluding hydrogens is 426 g/mol. The lowest BCUT2D eigenvalue weighted by Crippen LogP contribution is -2.31. The predicted octanol–water partition coefficient (Wildman–Crippen LogP) is 4.85. The highest BCUT2D eigenvalue weighted by Crippen LogP contribution is 2.33. The highest BCUT2D eigenvalue weighted by atomic mass is 35.5. The number of benzene rings is 2. The smallest absolute Gasteiger partial charge is 0.266 e. The van der Waals surface area contributed by atoms with Gasteiger partial charge in [0.25, 0.3) is 5.91 Å². The van der Waals surface area contributed by atoms with Crippen LogP contribution >= 0.6 is 35.6 Å². The number of halogens is 3. The van der Waals surface area contributed by atoms with E-state index < -0.39 is 11.6 Å². The number of amides is 2. The number of hydrogen-bond donors (Lipinski definition) is 1. The summed E-state index contributed by atoms with van der Waals surface area (Å²) in [4.78, 5) is 26.2. The van der Waals surface area contributed by atoms with Gasteiger partial charge in [-0.25, -0.2) is 8.78 Å². The first kappa shape index (κ1) is 20.4. The minimum absolute atomic E-state index is 0.0194. The van der Waals surface area contributed by atoms with Crippen molar-refractivity contribution in [2.24, 2.45) is 0 Å². The van der Waals surface area contributed by atoms with Crippen molar-refractivity contribution >= 4 is 63.5 Å². The van der Waals surface area contributed by atoms with Gasteiger partial charge in [-0.2, -0.15) is 0 Å². The van der Waals surface area contributed by atoms with Gasteiger partial charge in [0.2, 0.25) is 5.91 Å². The van der Waals surface area contributed by atoms with Gasteiger partial charge in [-0.05, 0) is 30.3 Å². The quantitative estimate of drug-likeness (QED) is 0.535. The van der Waals surface area contributed by atoms with E-state index in [1.54, 1.807) is 18.2 Å². The second-order valence-corrected chi connectivity index (χ2v) is 7.86. The predicted molar refractivity (Wildman–Crippen MR) is 111 cm³/mol. The molecule has 3 rings (SSSR count). The van der Waals surface area contributed by atoms with Crippen LogP contribution in [0.15, 0.2) is 47.4 Å². The largest absolute Gasteiger partial charge is 0.326 e. The van der Waals surface area contributed by atoms with Crippen molar-refractivity contribution in [2.45, 2.75) is 6.42 Å². The molecular formula is C19H13ClF2N2O2S2. The topological polar surface area (TPSA) is 49.4 Å². The van der Waals surface area contributed by atoms with Crippen LogP contribution in [-0.4, -0.2) is 27.6 Å². The third-order valence-electron chi connectivity index (χ3n) is 3.83. The van der Waals surface area contributed by atoms with Crippen molar-refractivity contribution in [1.82, 2.24) is 4.90 Å². The second kappa shape index (κ2) is 8.81. The Labute approximate surface area is 174 Å². The maximum Gasteiger partial charge on any atom is 0.266 e. The minimum Gasteiger partial charge on any atom is -0.326 e. The van der Waals surface area contributed by atoms with Crippen LogP contribution in [0.25, 0.3) is 6.08 Å². The monoisotopic (exact) mass is 438 g/mol. The van der Waals surface area contributed by atoms with Crippen molar-refractivity contribution in [3.8, 4) is 0 Å². The van der Waals surface area contributed by atoms with Gasteiger partial charge in [0, 0.05) is 24.2 Å². The van der Waals surface area contributed by atoms with Crippen LogP contribution in [-0.2, 0) is 9.59 Å². The molecule has 0 radical (unpaired) electrons. The summed E-state index contributed by atoms with van der Waals surface area (Å²) in [6.07, 6.45) is 1.42. The number of carbonyl (C=O) groups excluding carboxylic acids is 2. The number of nitrogens with one attached hydrogen (secondary N) is 1. The van der Waals surface area contributed by atoms with Gasteiger partial charge in [-0.1, -0.05) is 53.8 Å². The zero-order valence-electron chi connectivity index (χ0n) is 14.2. The zero-order valence-corrected chi connectivity index (χ0v) is 16.6. The fourth-order valence-corrected chi connectivity index (χ4v) is 3.92. The molecule has 0 spiro atoms. The molecule has 1 aliphatic rings. The Morgan fingerprint density at radius 2 is 1.96 bits per heavy atom. The van der Waals surface area contributed by atoms with Gasteiger partial charge in [0.15, 0.2) is 0 Å². The molecule has 1 aliphatic heterocycles. The summed E-state index contributed by atoms with van der Waals surface area (Å²) in [7, 11) is 0. The maximum absolute atomic E-state index is 13.8. The molecule has 2 aromatic carbocycles. The molecule has 1 heterocycles. The van der Waals surface area contributed by atoms with Gasteiger partial charge in [0.1, 0.15) is 16.0 Å². The van der Waals surface area contributed by atoms with E-state index in [2.05, 4.69) is 5.32 Å². The van der Waals surface area contributed by atoms with Gasteiger partial charge >= 0.3 is 0 Å². The van der Waals surface area contributed by atoms with E-state index in [-0.39, 0.29) is 35.4 Å². The van der Waals surface area contributed by atoms with E-state index in [0.29, 0.717) is 14.9 Å². The fourth-order valence-electron chi connectivity index (χ4n) is 2.44. The number of carbonyl (C=O) groups is 2. The lowest BCUT2D eigenvalue weighted by Gasteiger charge is -2.14. The van der Waals surface area contributed by atoms with E-state index >= 15 is 0 Å². The van der Waals surface area contributed by atoms with Crippen molar-refractivity contribution in [3.63, 3.8) is 0 Å². The number of thiocarbonyl (C=S) groups is 1. The van der Waals surface area contributed by atoms with Crippen molar-refractivity contribution in [3.05, 3.63) is 69.6 Å². The van der Waals surface area contributed by atoms with Crippen molar-refractivity contribution in [2.75, 3.05) is 11.9 Å². The maximum atomic E-state index is 13.8. The molecule has 1 fully saturated rings. The lowest BCUT2D eigenvalue weighted by molar-refractivity contribution is -0.122. The first-order valence-corrected chi connectivity index (χ1v) is 9.70. The Morgan fingerprint density at radius 1 is 1.21 bits per heavy atom. The summed E-state index contributed by atoms with van der Waals surface area (Å²) in [5.74, 6) is -1.78. The van der Waals surface area contributed by atoms with E-state index in [1.165, 1.54) is 29.2 Å². The summed E-state index contributed by atoms with van der Waals surface area (Å²) in [5, 5.41) is 2.48. The SMILES string of the molecule is O=C(CCN1C(=O)/C(=C/c2ccccc2F)SC1=S)Nc1ccc(F)c(Cl)c1. The van der Waals surface area contributed by atoms with Crippen LogP contribution in [0.1, 0.15) is 12.0 Å². The Morgan fingerprint density at radius 3 is 2.68 bits per heavy atom. The first-order chi connectivity index (χ1) is 13.3. The third kappa shape index (κ3) is 4.76. The zero-order chi connectivity index (χ0) is 20.3. The Bertz CT molecular complexity index is 998. The van der Waals surface area contributed by atoms with Gasteiger partial charge in [-0.3, -0.25) is 14.5 Å². The van der Waals surface area contributed by atoms with Crippen LogP contribution in [0.3, 0.4) is 0 Å². The average Bonchev–Trinajstić information content (AvgIpc) is 2.91. The highest BCUT2D eigenvalue weighted by Gasteiger charge is 2.32. The molecule has 0 bridgehead atoms. The van der Waals surface area contributed by atoms with Crippen LogP contribution in [0.2, 0.25) is 5.02 Å². The molecule has 144 valence electrons. The minimum atomic E-state index is -0.584. The van der Waals surface area contributed by atoms with E-state index in [1.807, 2.05) is 0 Å². The highest BCUT2D eigenvalue weighted by molar-refractivity contribution is 8.26.